The van der Waals surface area contributed by atoms with E-state index in [1.165, 1.54) is 0 Å². The van der Waals surface area contributed by atoms with Gasteiger partial charge < -0.3 is 19.1 Å². The lowest BCUT2D eigenvalue weighted by Crippen LogP contribution is -2.28. The van der Waals surface area contributed by atoms with E-state index < -0.39 is 11.4 Å². The molecular formula is C35H40N4O4S2. The molecule has 0 atom stereocenters. The number of thioether (sulfide) groups is 1. The molecule has 45 heavy (non-hydrogen) atoms. The van der Waals surface area contributed by atoms with Gasteiger partial charge in [0.05, 0.1) is 28.4 Å². The van der Waals surface area contributed by atoms with Gasteiger partial charge in [-0.2, -0.15) is 0 Å². The Kier molecular flexibility index (Phi) is 9.55. The largest absolute Gasteiger partial charge is 0.487 e. The summed E-state index contributed by atoms with van der Waals surface area (Å²) in [7, 11) is 0. The van der Waals surface area contributed by atoms with Gasteiger partial charge in [0.25, 0.3) is 0 Å². The minimum Gasteiger partial charge on any atom is -0.487 e. The molecule has 8 nitrogen and oxygen atoms in total. The van der Waals surface area contributed by atoms with Crippen LogP contribution in [0.1, 0.15) is 63.5 Å². The molecule has 1 N–H and O–H groups in total. The third-order valence-corrected chi connectivity index (χ3v) is 9.36. The lowest BCUT2D eigenvalue weighted by Gasteiger charge is -2.24. The fraction of sp³-hybridized carbons (Fsp3) is 0.371. The minimum absolute atomic E-state index is 0.101. The molecule has 236 valence electrons. The van der Waals surface area contributed by atoms with E-state index in [0.717, 1.165) is 54.8 Å². The maximum absolute atomic E-state index is 12.4. The SMILES string of the molecule is CCOc1ccc(-c2ccc(Cn3c(CC(C)(C)C(=O)O)c(SC(C)(C)C)c4cc(OCc5csc(C)n5)ccc43)cc2)nn1. The van der Waals surface area contributed by atoms with Crippen LogP contribution in [0.2, 0.25) is 0 Å². The smallest absolute Gasteiger partial charge is 0.309 e. The summed E-state index contributed by atoms with van der Waals surface area (Å²) in [5.74, 6) is 0.435. The summed E-state index contributed by atoms with van der Waals surface area (Å²) < 4.78 is 13.8. The molecule has 0 unspecified atom stereocenters. The van der Waals surface area contributed by atoms with Crippen LogP contribution in [0.25, 0.3) is 22.2 Å². The Balaban J connectivity index is 1.55. The fourth-order valence-corrected chi connectivity index (χ4v) is 6.79. The highest BCUT2D eigenvalue weighted by Crippen LogP contribution is 2.44. The second kappa shape index (κ2) is 13.2. The molecule has 5 aromatic rings. The van der Waals surface area contributed by atoms with Crippen molar-refractivity contribution in [1.29, 1.82) is 0 Å². The molecule has 0 bridgehead atoms. The number of fused-ring (bicyclic) bond motifs is 1. The first kappa shape index (κ1) is 32.5. The second-order valence-corrected chi connectivity index (χ2v) is 15.6. The summed E-state index contributed by atoms with van der Waals surface area (Å²) in [6, 6.07) is 18.2. The van der Waals surface area contributed by atoms with Crippen molar-refractivity contribution >= 4 is 40.0 Å². The number of hydrogen-bond donors (Lipinski definition) is 1. The van der Waals surface area contributed by atoms with Crippen LogP contribution in [0.3, 0.4) is 0 Å². The monoisotopic (exact) mass is 644 g/mol. The number of carboxylic acids is 1. The van der Waals surface area contributed by atoms with Crippen molar-refractivity contribution in [3.8, 4) is 22.9 Å². The van der Waals surface area contributed by atoms with Crippen LogP contribution < -0.4 is 9.47 Å². The maximum Gasteiger partial charge on any atom is 0.309 e. The van der Waals surface area contributed by atoms with E-state index in [1.54, 1.807) is 36.9 Å². The number of benzene rings is 2. The first-order valence-electron chi connectivity index (χ1n) is 15.0. The van der Waals surface area contributed by atoms with Gasteiger partial charge in [0.2, 0.25) is 5.88 Å². The van der Waals surface area contributed by atoms with Crippen molar-refractivity contribution in [2.24, 2.45) is 5.41 Å². The number of nitrogens with zero attached hydrogens (tertiary/aromatic N) is 4. The molecule has 0 saturated carbocycles. The first-order valence-corrected chi connectivity index (χ1v) is 16.7. The molecule has 3 aromatic heterocycles. The van der Waals surface area contributed by atoms with Gasteiger partial charge in [-0.15, -0.1) is 33.3 Å². The van der Waals surface area contributed by atoms with Crippen molar-refractivity contribution in [2.75, 3.05) is 6.61 Å². The predicted molar refractivity (Wildman–Crippen MR) is 182 cm³/mol. The highest BCUT2D eigenvalue weighted by Gasteiger charge is 2.33. The Morgan fingerprint density at radius 1 is 1.00 bits per heavy atom. The number of aryl methyl sites for hydroxylation is 1. The zero-order valence-corrected chi connectivity index (χ0v) is 28.5. The van der Waals surface area contributed by atoms with Crippen LogP contribution >= 0.6 is 23.1 Å². The van der Waals surface area contributed by atoms with Gasteiger partial charge in [-0.3, -0.25) is 4.79 Å². The molecule has 3 heterocycles. The van der Waals surface area contributed by atoms with Gasteiger partial charge >= 0.3 is 5.97 Å². The number of carbonyl (C=O) groups is 1. The molecule has 0 spiro atoms. The van der Waals surface area contributed by atoms with E-state index in [2.05, 4.69) is 64.8 Å². The van der Waals surface area contributed by atoms with E-state index >= 15 is 0 Å². The molecule has 2 aromatic carbocycles. The number of thiazole rings is 1. The van der Waals surface area contributed by atoms with Gasteiger partial charge in [-0.1, -0.05) is 45.0 Å². The third-order valence-electron chi connectivity index (χ3n) is 7.26. The molecule has 0 fully saturated rings. The maximum atomic E-state index is 12.4. The van der Waals surface area contributed by atoms with Crippen LogP contribution in [0.5, 0.6) is 11.6 Å². The Morgan fingerprint density at radius 3 is 2.36 bits per heavy atom. The molecule has 0 aliphatic carbocycles. The Hall–Kier alpha value is -3.89. The zero-order valence-electron chi connectivity index (χ0n) is 26.9. The van der Waals surface area contributed by atoms with E-state index in [4.69, 9.17) is 9.47 Å². The molecule has 0 radical (unpaired) electrons. The minimum atomic E-state index is -0.961. The van der Waals surface area contributed by atoms with E-state index in [1.807, 2.05) is 49.6 Å². The van der Waals surface area contributed by atoms with Crippen LogP contribution in [0.15, 0.2) is 64.9 Å². The van der Waals surface area contributed by atoms with Crippen LogP contribution in [-0.2, 0) is 24.4 Å². The number of carboxylic acid groups (broad SMARTS) is 1. The topological polar surface area (TPSA) is 99.4 Å². The van der Waals surface area contributed by atoms with Gasteiger partial charge in [-0.05, 0) is 57.5 Å². The molecule has 0 aliphatic rings. The average molecular weight is 645 g/mol. The molecule has 10 heteroatoms. The summed E-state index contributed by atoms with van der Waals surface area (Å²) in [5, 5.41) is 22.7. The first-order chi connectivity index (χ1) is 21.3. The summed E-state index contributed by atoms with van der Waals surface area (Å²) in [6.07, 6.45) is 0.379. The number of hydrogen-bond acceptors (Lipinski definition) is 8. The number of ether oxygens (including phenoxy) is 2. The molecule has 0 amide bonds. The van der Waals surface area contributed by atoms with Gasteiger partial charge in [0.15, 0.2) is 0 Å². The molecule has 0 aliphatic heterocycles. The highest BCUT2D eigenvalue weighted by molar-refractivity contribution is 8.00. The van der Waals surface area contributed by atoms with Gasteiger partial charge in [0.1, 0.15) is 12.4 Å². The Labute approximate surface area is 272 Å². The summed E-state index contributed by atoms with van der Waals surface area (Å²) in [4.78, 5) is 18.0. The average Bonchev–Trinajstić information content (AvgIpc) is 3.52. The fourth-order valence-electron chi connectivity index (χ4n) is 5.01. The van der Waals surface area contributed by atoms with Crippen LogP contribution in [0.4, 0.5) is 0 Å². The third kappa shape index (κ3) is 7.86. The molecule has 5 rings (SSSR count). The Morgan fingerprint density at radius 2 is 1.76 bits per heavy atom. The van der Waals surface area contributed by atoms with E-state index in [9.17, 15) is 9.90 Å². The van der Waals surface area contributed by atoms with Gasteiger partial charge in [0, 0.05) is 56.2 Å². The van der Waals surface area contributed by atoms with Crippen LogP contribution in [0, 0.1) is 12.3 Å². The van der Waals surface area contributed by atoms with Crippen LogP contribution in [-0.4, -0.2) is 42.2 Å². The summed E-state index contributed by atoms with van der Waals surface area (Å²) in [6.45, 7) is 15.5. The lowest BCUT2D eigenvalue weighted by atomic mass is 9.88. The number of aliphatic carboxylic acids is 1. The van der Waals surface area contributed by atoms with E-state index in [0.29, 0.717) is 32.1 Å². The summed E-state index contributed by atoms with van der Waals surface area (Å²) in [5.41, 5.74) is 4.81. The van der Waals surface area contributed by atoms with E-state index in [-0.39, 0.29) is 4.75 Å². The highest BCUT2D eigenvalue weighted by atomic mass is 32.2. The Bertz CT molecular complexity index is 1790. The second-order valence-electron chi connectivity index (χ2n) is 12.7. The van der Waals surface area contributed by atoms with Crippen molar-refractivity contribution < 1.29 is 19.4 Å². The predicted octanol–water partition coefficient (Wildman–Crippen LogP) is 8.43. The van der Waals surface area contributed by atoms with Gasteiger partial charge in [-0.25, -0.2) is 4.98 Å². The molecule has 0 saturated heterocycles. The normalized spacial score (nSPS) is 12.1. The standard InChI is InChI=1S/C35H40N4O4S2/c1-8-42-31-16-14-28(37-38-31)24-11-9-23(10-12-24)19-39-29-15-13-26(43-20-25-21-44-22(2)36-25)17-27(29)32(45-34(3,4)5)30(39)18-35(6,7)33(40)41/h9-17,21H,8,18-20H2,1-7H3,(H,40,41). The van der Waals surface area contributed by atoms with Crippen molar-refractivity contribution in [1.82, 2.24) is 19.7 Å². The lowest BCUT2D eigenvalue weighted by molar-refractivity contribution is -0.146. The van der Waals surface area contributed by atoms with Crippen molar-refractivity contribution in [3.63, 3.8) is 0 Å². The number of aromatic nitrogens is 4. The van der Waals surface area contributed by atoms with Crippen molar-refractivity contribution in [3.05, 3.63) is 81.9 Å². The number of rotatable bonds is 12. The molecular weight excluding hydrogens is 605 g/mol. The van der Waals surface area contributed by atoms with Crippen molar-refractivity contribution in [2.45, 2.75) is 77.7 Å². The zero-order chi connectivity index (χ0) is 32.4. The quantitative estimate of drug-likeness (QED) is 0.135. The summed E-state index contributed by atoms with van der Waals surface area (Å²) >= 11 is 3.37.